The van der Waals surface area contributed by atoms with E-state index < -0.39 is 20.7 Å². The van der Waals surface area contributed by atoms with Gasteiger partial charge in [-0.05, 0) is 30.3 Å². The SMILES string of the molecule is O=S(=O)(c1ccccc1F)N(Cc1ncccn1)Cc1ccco1. The standard InChI is InChI=1S/C16H14FN3O3S/c17-14-6-1-2-7-15(14)24(21,22)20(11-13-5-3-10-23-13)12-16-18-8-4-9-19-16/h1-10H,11-12H2. The van der Waals surface area contributed by atoms with E-state index in [2.05, 4.69) is 9.97 Å². The van der Waals surface area contributed by atoms with Crippen LogP contribution >= 0.6 is 0 Å². The molecule has 3 rings (SSSR count). The summed E-state index contributed by atoms with van der Waals surface area (Å²) in [6.07, 6.45) is 4.48. The first-order valence-corrected chi connectivity index (χ1v) is 8.54. The van der Waals surface area contributed by atoms with Gasteiger partial charge in [0.2, 0.25) is 10.0 Å². The Morgan fingerprint density at radius 3 is 2.42 bits per heavy atom. The molecule has 0 radical (unpaired) electrons. The van der Waals surface area contributed by atoms with Gasteiger partial charge < -0.3 is 4.42 Å². The van der Waals surface area contributed by atoms with Crippen LogP contribution in [0.3, 0.4) is 0 Å². The van der Waals surface area contributed by atoms with E-state index in [4.69, 9.17) is 4.42 Å². The van der Waals surface area contributed by atoms with E-state index in [0.29, 0.717) is 11.6 Å². The average Bonchev–Trinajstić information content (AvgIpc) is 3.08. The van der Waals surface area contributed by atoms with Crippen LogP contribution in [0.15, 0.2) is 70.4 Å². The molecule has 124 valence electrons. The molecule has 0 atom stereocenters. The van der Waals surface area contributed by atoms with Crippen LogP contribution in [0.25, 0.3) is 0 Å². The van der Waals surface area contributed by atoms with Gasteiger partial charge in [0.05, 0.1) is 19.4 Å². The summed E-state index contributed by atoms with van der Waals surface area (Å²) < 4.78 is 46.1. The second-order valence-electron chi connectivity index (χ2n) is 4.95. The van der Waals surface area contributed by atoms with E-state index >= 15 is 0 Å². The second-order valence-corrected chi connectivity index (χ2v) is 6.85. The molecule has 0 aliphatic rings. The van der Waals surface area contributed by atoms with E-state index in [1.807, 2.05) is 0 Å². The van der Waals surface area contributed by atoms with Crippen molar-refractivity contribution in [2.75, 3.05) is 0 Å². The summed E-state index contributed by atoms with van der Waals surface area (Å²) in [5, 5.41) is 0. The van der Waals surface area contributed by atoms with E-state index in [0.717, 1.165) is 10.4 Å². The number of halogens is 1. The minimum absolute atomic E-state index is 0.0536. The number of hydrogen-bond donors (Lipinski definition) is 0. The average molecular weight is 347 g/mol. The number of aromatic nitrogens is 2. The van der Waals surface area contributed by atoms with Crippen LogP contribution in [-0.2, 0) is 23.1 Å². The summed E-state index contributed by atoms with van der Waals surface area (Å²) in [5.74, 6) is -0.0641. The number of sulfonamides is 1. The number of hydrogen-bond acceptors (Lipinski definition) is 5. The third-order valence-corrected chi connectivity index (χ3v) is 5.13. The Labute approximate surface area is 138 Å². The second kappa shape index (κ2) is 6.90. The highest BCUT2D eigenvalue weighted by molar-refractivity contribution is 7.89. The van der Waals surface area contributed by atoms with Crippen molar-refractivity contribution in [3.8, 4) is 0 Å². The van der Waals surface area contributed by atoms with Crippen molar-refractivity contribution in [2.24, 2.45) is 0 Å². The molecule has 24 heavy (non-hydrogen) atoms. The van der Waals surface area contributed by atoms with E-state index in [1.165, 1.54) is 36.9 Å². The van der Waals surface area contributed by atoms with Crippen molar-refractivity contribution in [1.82, 2.24) is 14.3 Å². The first kappa shape index (κ1) is 16.3. The van der Waals surface area contributed by atoms with Crippen molar-refractivity contribution >= 4 is 10.0 Å². The largest absolute Gasteiger partial charge is 0.468 e. The van der Waals surface area contributed by atoms with Gasteiger partial charge in [0.1, 0.15) is 22.3 Å². The lowest BCUT2D eigenvalue weighted by molar-refractivity contribution is 0.350. The molecule has 2 aromatic heterocycles. The predicted octanol–water partition coefficient (Wildman–Crippen LogP) is 2.60. The molecule has 0 amide bonds. The predicted molar refractivity (Wildman–Crippen MR) is 83.6 cm³/mol. The Morgan fingerprint density at radius 2 is 1.75 bits per heavy atom. The molecule has 0 bridgehead atoms. The van der Waals surface area contributed by atoms with Crippen LogP contribution in [0.5, 0.6) is 0 Å². The number of benzene rings is 1. The molecule has 0 fully saturated rings. The molecule has 0 unspecified atom stereocenters. The smallest absolute Gasteiger partial charge is 0.246 e. The third-order valence-electron chi connectivity index (χ3n) is 3.30. The fourth-order valence-electron chi connectivity index (χ4n) is 2.16. The van der Waals surface area contributed by atoms with E-state index in [-0.39, 0.29) is 13.1 Å². The fourth-order valence-corrected chi connectivity index (χ4v) is 3.59. The molecule has 1 aromatic carbocycles. The molecule has 2 heterocycles. The number of furan rings is 1. The molecule has 0 spiro atoms. The topological polar surface area (TPSA) is 76.3 Å². The van der Waals surface area contributed by atoms with E-state index in [1.54, 1.807) is 18.2 Å². The Kier molecular flexibility index (Phi) is 4.68. The normalized spacial score (nSPS) is 11.8. The minimum Gasteiger partial charge on any atom is -0.468 e. The van der Waals surface area contributed by atoms with Crippen molar-refractivity contribution in [1.29, 1.82) is 0 Å². The zero-order valence-electron chi connectivity index (χ0n) is 12.5. The Balaban J connectivity index is 1.98. The Morgan fingerprint density at radius 1 is 1.00 bits per heavy atom. The molecule has 0 saturated heterocycles. The van der Waals surface area contributed by atoms with Crippen LogP contribution < -0.4 is 0 Å². The molecule has 0 aliphatic heterocycles. The summed E-state index contributed by atoms with van der Waals surface area (Å²) in [6.45, 7) is -0.153. The van der Waals surface area contributed by atoms with Gasteiger partial charge in [-0.3, -0.25) is 0 Å². The number of rotatable bonds is 6. The van der Waals surface area contributed by atoms with Crippen molar-refractivity contribution in [2.45, 2.75) is 18.0 Å². The first-order chi connectivity index (χ1) is 11.6. The lowest BCUT2D eigenvalue weighted by Crippen LogP contribution is -2.31. The van der Waals surface area contributed by atoms with Crippen LogP contribution in [0.1, 0.15) is 11.6 Å². The van der Waals surface area contributed by atoms with Crippen molar-refractivity contribution in [3.05, 3.63) is 78.5 Å². The fraction of sp³-hybridized carbons (Fsp3) is 0.125. The highest BCUT2D eigenvalue weighted by Crippen LogP contribution is 2.22. The lowest BCUT2D eigenvalue weighted by Gasteiger charge is -2.20. The highest BCUT2D eigenvalue weighted by Gasteiger charge is 2.29. The van der Waals surface area contributed by atoms with Gasteiger partial charge in [-0.1, -0.05) is 12.1 Å². The zero-order chi connectivity index (χ0) is 17.0. The van der Waals surface area contributed by atoms with Gasteiger partial charge in [0.25, 0.3) is 0 Å². The van der Waals surface area contributed by atoms with Gasteiger partial charge >= 0.3 is 0 Å². The maximum atomic E-state index is 14.0. The third kappa shape index (κ3) is 3.50. The van der Waals surface area contributed by atoms with Crippen LogP contribution in [0.4, 0.5) is 4.39 Å². The van der Waals surface area contributed by atoms with Gasteiger partial charge in [0.15, 0.2) is 0 Å². The first-order valence-electron chi connectivity index (χ1n) is 7.10. The molecular weight excluding hydrogens is 333 g/mol. The summed E-state index contributed by atoms with van der Waals surface area (Å²) >= 11 is 0. The summed E-state index contributed by atoms with van der Waals surface area (Å²) in [5.41, 5.74) is 0. The molecule has 8 heteroatoms. The molecular formula is C16H14FN3O3S. The summed E-state index contributed by atoms with van der Waals surface area (Å²) in [6, 6.07) is 10.2. The monoisotopic (exact) mass is 347 g/mol. The van der Waals surface area contributed by atoms with Gasteiger partial charge in [0, 0.05) is 12.4 Å². The molecule has 0 N–H and O–H groups in total. The summed E-state index contributed by atoms with van der Waals surface area (Å²) in [4.78, 5) is 7.68. The zero-order valence-corrected chi connectivity index (χ0v) is 13.4. The van der Waals surface area contributed by atoms with Crippen molar-refractivity contribution < 1.29 is 17.2 Å². The van der Waals surface area contributed by atoms with E-state index in [9.17, 15) is 12.8 Å². The van der Waals surface area contributed by atoms with Gasteiger partial charge in [-0.15, -0.1) is 0 Å². The molecule has 0 saturated carbocycles. The molecule has 0 aliphatic carbocycles. The van der Waals surface area contributed by atoms with Crippen molar-refractivity contribution in [3.63, 3.8) is 0 Å². The molecule has 3 aromatic rings. The maximum absolute atomic E-state index is 14.0. The van der Waals surface area contributed by atoms with Crippen LogP contribution in [0.2, 0.25) is 0 Å². The Bertz CT molecular complexity index is 899. The van der Waals surface area contributed by atoms with Gasteiger partial charge in [-0.2, -0.15) is 4.31 Å². The van der Waals surface area contributed by atoms with Crippen LogP contribution in [-0.4, -0.2) is 22.7 Å². The quantitative estimate of drug-likeness (QED) is 0.685. The van der Waals surface area contributed by atoms with Gasteiger partial charge in [-0.25, -0.2) is 22.8 Å². The highest BCUT2D eigenvalue weighted by atomic mass is 32.2. The maximum Gasteiger partial charge on any atom is 0.246 e. The summed E-state index contributed by atoms with van der Waals surface area (Å²) in [7, 11) is -4.09. The molecule has 6 nitrogen and oxygen atoms in total. The number of nitrogens with zero attached hydrogens (tertiary/aromatic N) is 3. The Hall–Kier alpha value is -2.58. The minimum atomic E-state index is -4.09. The van der Waals surface area contributed by atoms with Crippen LogP contribution in [0, 0.1) is 5.82 Å². The lowest BCUT2D eigenvalue weighted by atomic mass is 10.3.